The molecule has 1 aromatic rings. The largest absolute Gasteiger partial charge is 0.394 e. The molecule has 0 bridgehead atoms. The van der Waals surface area contributed by atoms with E-state index >= 15 is 0 Å². The molecular weight excluding hydrogens is 298 g/mol. The summed E-state index contributed by atoms with van der Waals surface area (Å²) in [5.74, 6) is 0.248. The number of aliphatic hydroxyl groups is 1. The molecule has 0 aliphatic carbocycles. The van der Waals surface area contributed by atoms with Crippen molar-refractivity contribution in [1.82, 2.24) is 9.78 Å². The average Bonchev–Trinajstić information content (AvgIpc) is 2.34. The first-order chi connectivity index (χ1) is 8.51. The molecule has 0 saturated carbocycles. The molecule has 0 spiro atoms. The third-order valence-corrected chi connectivity index (χ3v) is 3.40. The highest BCUT2D eigenvalue weighted by Gasteiger charge is 2.15. The van der Waals surface area contributed by atoms with Gasteiger partial charge in [0.25, 0.3) is 5.56 Å². The highest BCUT2D eigenvalue weighted by molar-refractivity contribution is 9.10. The molecule has 0 aromatic carbocycles. The van der Waals surface area contributed by atoms with Gasteiger partial charge in [0.2, 0.25) is 0 Å². The van der Waals surface area contributed by atoms with Gasteiger partial charge in [-0.1, -0.05) is 19.9 Å². The Kier molecular flexibility index (Phi) is 5.55. The van der Waals surface area contributed by atoms with Gasteiger partial charge in [-0.25, -0.2) is 4.68 Å². The first kappa shape index (κ1) is 14.9. The maximum absolute atomic E-state index is 11.9. The Balaban J connectivity index is 3.01. The second-order valence-corrected chi connectivity index (χ2v) is 5.12. The SMILES string of the molecule is C=CCn1ncc(NC(CO)C(C)C)c(Br)c1=O. The highest BCUT2D eigenvalue weighted by Crippen LogP contribution is 2.19. The molecule has 1 atom stereocenters. The third kappa shape index (κ3) is 3.43. The van der Waals surface area contributed by atoms with Crippen LogP contribution in [0.2, 0.25) is 0 Å². The summed E-state index contributed by atoms with van der Waals surface area (Å²) in [4.78, 5) is 11.9. The van der Waals surface area contributed by atoms with E-state index in [0.717, 1.165) is 0 Å². The van der Waals surface area contributed by atoms with Crippen molar-refractivity contribution in [1.29, 1.82) is 0 Å². The Bertz CT molecular complexity index is 471. The van der Waals surface area contributed by atoms with Crippen LogP contribution in [0.5, 0.6) is 0 Å². The van der Waals surface area contributed by atoms with E-state index in [0.29, 0.717) is 16.7 Å². The Morgan fingerprint density at radius 1 is 1.67 bits per heavy atom. The van der Waals surface area contributed by atoms with Crippen LogP contribution in [0.15, 0.2) is 28.1 Å². The van der Waals surface area contributed by atoms with E-state index < -0.39 is 0 Å². The molecule has 18 heavy (non-hydrogen) atoms. The van der Waals surface area contributed by atoms with Gasteiger partial charge in [-0.3, -0.25) is 4.79 Å². The monoisotopic (exact) mass is 315 g/mol. The highest BCUT2D eigenvalue weighted by atomic mass is 79.9. The van der Waals surface area contributed by atoms with Crippen LogP contribution >= 0.6 is 15.9 Å². The summed E-state index contributed by atoms with van der Waals surface area (Å²) in [6.45, 7) is 7.92. The van der Waals surface area contributed by atoms with E-state index in [4.69, 9.17) is 0 Å². The van der Waals surface area contributed by atoms with E-state index in [2.05, 4.69) is 32.9 Å². The fourth-order valence-corrected chi connectivity index (χ4v) is 1.86. The van der Waals surface area contributed by atoms with Crippen LogP contribution in [-0.4, -0.2) is 27.5 Å². The van der Waals surface area contributed by atoms with Crippen LogP contribution in [0.3, 0.4) is 0 Å². The van der Waals surface area contributed by atoms with Crippen LogP contribution in [0.4, 0.5) is 5.69 Å². The Morgan fingerprint density at radius 3 is 2.83 bits per heavy atom. The van der Waals surface area contributed by atoms with Crippen molar-refractivity contribution in [2.75, 3.05) is 11.9 Å². The lowest BCUT2D eigenvalue weighted by atomic mass is 10.1. The molecule has 6 heteroatoms. The van der Waals surface area contributed by atoms with Crippen molar-refractivity contribution in [2.24, 2.45) is 5.92 Å². The molecule has 0 saturated heterocycles. The fourth-order valence-electron chi connectivity index (χ4n) is 1.44. The maximum Gasteiger partial charge on any atom is 0.283 e. The lowest BCUT2D eigenvalue weighted by Crippen LogP contribution is -2.31. The number of aliphatic hydroxyl groups excluding tert-OH is 1. The number of hydrogen-bond donors (Lipinski definition) is 2. The minimum Gasteiger partial charge on any atom is -0.394 e. The van der Waals surface area contributed by atoms with Crippen LogP contribution < -0.4 is 10.9 Å². The van der Waals surface area contributed by atoms with Gasteiger partial charge in [0.1, 0.15) is 4.47 Å². The minimum absolute atomic E-state index is 0.000150. The Labute approximate surface area is 115 Å². The molecule has 1 heterocycles. The third-order valence-electron chi connectivity index (χ3n) is 2.63. The summed E-state index contributed by atoms with van der Waals surface area (Å²) in [6.07, 6.45) is 3.18. The number of allylic oxidation sites excluding steroid dienone is 1. The molecule has 1 rings (SSSR count). The van der Waals surface area contributed by atoms with E-state index in [1.165, 1.54) is 4.68 Å². The minimum atomic E-state index is -0.222. The van der Waals surface area contributed by atoms with Crippen LogP contribution in [-0.2, 0) is 6.54 Å². The zero-order valence-corrected chi connectivity index (χ0v) is 12.1. The normalized spacial score (nSPS) is 12.5. The quantitative estimate of drug-likeness (QED) is 0.783. The van der Waals surface area contributed by atoms with Crippen LogP contribution in [0.25, 0.3) is 0 Å². The zero-order chi connectivity index (χ0) is 13.7. The van der Waals surface area contributed by atoms with Crippen molar-refractivity contribution >= 4 is 21.6 Å². The molecule has 0 amide bonds. The van der Waals surface area contributed by atoms with Gasteiger partial charge in [0.15, 0.2) is 0 Å². The smallest absolute Gasteiger partial charge is 0.283 e. The molecule has 0 fully saturated rings. The number of nitrogens with one attached hydrogen (secondary N) is 1. The standard InChI is InChI=1S/C12H18BrN3O2/c1-4-5-16-12(18)11(13)9(6-14-16)15-10(7-17)8(2)3/h4,6,8,10,15,17H,1,5,7H2,2-3H3. The Morgan fingerprint density at radius 2 is 2.33 bits per heavy atom. The van der Waals surface area contributed by atoms with E-state index in [1.54, 1.807) is 12.3 Å². The van der Waals surface area contributed by atoms with E-state index in [-0.39, 0.29) is 24.1 Å². The summed E-state index contributed by atoms with van der Waals surface area (Å²) >= 11 is 3.26. The lowest BCUT2D eigenvalue weighted by Gasteiger charge is -2.21. The summed E-state index contributed by atoms with van der Waals surface area (Å²) in [6, 6.07) is -0.113. The second-order valence-electron chi connectivity index (χ2n) is 4.33. The summed E-state index contributed by atoms with van der Waals surface area (Å²) < 4.78 is 1.73. The van der Waals surface area contributed by atoms with Gasteiger partial charge >= 0.3 is 0 Å². The van der Waals surface area contributed by atoms with Crippen molar-refractivity contribution in [3.05, 3.63) is 33.7 Å². The number of rotatable bonds is 6. The predicted octanol–water partition coefficient (Wildman–Crippen LogP) is 1.62. The summed E-state index contributed by atoms with van der Waals surface area (Å²) in [5, 5.41) is 16.4. The molecule has 0 aliphatic rings. The Hall–Kier alpha value is -1.14. The maximum atomic E-state index is 11.9. The number of nitrogens with zero attached hydrogens (tertiary/aromatic N) is 2. The molecule has 5 nitrogen and oxygen atoms in total. The van der Waals surface area contributed by atoms with Crippen molar-refractivity contribution < 1.29 is 5.11 Å². The predicted molar refractivity (Wildman–Crippen MR) is 75.7 cm³/mol. The molecule has 1 unspecified atom stereocenters. The van der Waals surface area contributed by atoms with Gasteiger partial charge in [0.05, 0.1) is 31.1 Å². The summed E-state index contributed by atoms with van der Waals surface area (Å²) in [7, 11) is 0. The first-order valence-electron chi connectivity index (χ1n) is 5.75. The van der Waals surface area contributed by atoms with Gasteiger partial charge in [-0.15, -0.1) is 6.58 Å². The number of aromatic nitrogens is 2. The van der Waals surface area contributed by atoms with Gasteiger partial charge in [0, 0.05) is 0 Å². The molecule has 1 aromatic heterocycles. The van der Waals surface area contributed by atoms with E-state index in [1.807, 2.05) is 13.8 Å². The number of halogens is 1. The topological polar surface area (TPSA) is 67.2 Å². The zero-order valence-electron chi connectivity index (χ0n) is 10.6. The number of anilines is 1. The fraction of sp³-hybridized carbons (Fsp3) is 0.500. The van der Waals surface area contributed by atoms with Gasteiger partial charge < -0.3 is 10.4 Å². The molecule has 0 radical (unpaired) electrons. The van der Waals surface area contributed by atoms with Gasteiger partial charge in [-0.05, 0) is 21.8 Å². The summed E-state index contributed by atoms with van der Waals surface area (Å²) in [5.41, 5.74) is 0.369. The second kappa shape index (κ2) is 6.70. The van der Waals surface area contributed by atoms with Gasteiger partial charge in [-0.2, -0.15) is 5.10 Å². The van der Waals surface area contributed by atoms with Crippen molar-refractivity contribution in [3.8, 4) is 0 Å². The molecular formula is C12H18BrN3O2. The average molecular weight is 316 g/mol. The molecule has 0 aliphatic heterocycles. The number of hydrogen-bond acceptors (Lipinski definition) is 4. The molecule has 100 valence electrons. The first-order valence-corrected chi connectivity index (χ1v) is 6.54. The van der Waals surface area contributed by atoms with Crippen LogP contribution in [0.1, 0.15) is 13.8 Å². The van der Waals surface area contributed by atoms with Crippen LogP contribution in [0, 0.1) is 5.92 Å². The van der Waals surface area contributed by atoms with Crippen molar-refractivity contribution in [3.63, 3.8) is 0 Å². The molecule has 2 N–H and O–H groups in total. The lowest BCUT2D eigenvalue weighted by molar-refractivity contribution is 0.249. The van der Waals surface area contributed by atoms with Crippen molar-refractivity contribution in [2.45, 2.75) is 26.4 Å². The van der Waals surface area contributed by atoms with E-state index in [9.17, 15) is 9.90 Å².